The van der Waals surface area contributed by atoms with Crippen molar-refractivity contribution in [3.05, 3.63) is 40.4 Å². The van der Waals surface area contributed by atoms with Crippen LogP contribution >= 0.6 is 15.9 Å². The van der Waals surface area contributed by atoms with E-state index in [0.717, 1.165) is 15.8 Å². The van der Waals surface area contributed by atoms with E-state index in [2.05, 4.69) is 55.9 Å². The van der Waals surface area contributed by atoms with E-state index in [1.54, 1.807) is 7.11 Å². The van der Waals surface area contributed by atoms with Crippen molar-refractivity contribution in [3.8, 4) is 5.75 Å². The summed E-state index contributed by atoms with van der Waals surface area (Å²) in [6.07, 6.45) is 1.18. The Morgan fingerprint density at radius 2 is 1.73 bits per heavy atom. The molecule has 3 rings (SSSR count). The number of halogens is 1. The molecule has 7 heteroatoms. The third-order valence-corrected chi connectivity index (χ3v) is 11.4. The molecule has 2 aliphatic rings. The van der Waals surface area contributed by atoms with Crippen LogP contribution in [0.15, 0.2) is 34.8 Å². The van der Waals surface area contributed by atoms with Crippen LogP contribution in [0.2, 0.25) is 18.1 Å². The standard InChI is InChI=1S/C23H35BrO5Si/c1-22(2,3)30(7,8)29-18-13-17(24)19-21(28-23(4,5)27-19)20(18)26-14-15-9-11-16(25-6)12-10-15/h9-13,18-21H,14H2,1-8H3/t18-,19-,20-,21-/m1/s1. The zero-order valence-corrected chi connectivity index (χ0v) is 21.9. The number of methoxy groups -OCH3 is 1. The lowest BCUT2D eigenvalue weighted by Gasteiger charge is -2.43. The summed E-state index contributed by atoms with van der Waals surface area (Å²) in [5.41, 5.74) is 1.07. The Morgan fingerprint density at radius 3 is 2.30 bits per heavy atom. The highest BCUT2D eigenvalue weighted by Crippen LogP contribution is 2.44. The molecule has 0 spiro atoms. The van der Waals surface area contributed by atoms with Gasteiger partial charge in [0.15, 0.2) is 14.1 Å². The minimum absolute atomic E-state index is 0.0942. The molecular formula is C23H35BrO5Si. The first-order valence-electron chi connectivity index (χ1n) is 10.5. The maximum Gasteiger partial charge on any atom is 0.193 e. The van der Waals surface area contributed by atoms with E-state index in [0.29, 0.717) is 6.61 Å². The fourth-order valence-electron chi connectivity index (χ4n) is 3.50. The van der Waals surface area contributed by atoms with Crippen molar-refractivity contribution in [1.29, 1.82) is 0 Å². The average Bonchev–Trinajstić information content (AvgIpc) is 2.96. The average molecular weight is 500 g/mol. The van der Waals surface area contributed by atoms with Gasteiger partial charge in [-0.1, -0.05) is 48.8 Å². The molecule has 0 bridgehead atoms. The Morgan fingerprint density at radius 1 is 1.10 bits per heavy atom. The van der Waals surface area contributed by atoms with Gasteiger partial charge in [-0.25, -0.2) is 0 Å². The second-order valence-corrected chi connectivity index (χ2v) is 15.7. The lowest BCUT2D eigenvalue weighted by atomic mass is 9.96. The summed E-state index contributed by atoms with van der Waals surface area (Å²) in [6.45, 7) is 15.6. The third kappa shape index (κ3) is 5.19. The molecule has 0 aromatic heterocycles. The third-order valence-electron chi connectivity index (χ3n) is 6.21. The zero-order valence-electron chi connectivity index (χ0n) is 19.3. The van der Waals surface area contributed by atoms with Crippen LogP contribution in [0.25, 0.3) is 0 Å². The highest BCUT2D eigenvalue weighted by atomic mass is 79.9. The van der Waals surface area contributed by atoms with Crippen LogP contribution in [-0.2, 0) is 25.2 Å². The van der Waals surface area contributed by atoms with Crippen LogP contribution in [0.4, 0.5) is 0 Å². The molecule has 0 amide bonds. The first kappa shape index (κ1) is 23.9. The van der Waals surface area contributed by atoms with E-state index in [-0.39, 0.29) is 29.5 Å². The van der Waals surface area contributed by atoms with Gasteiger partial charge in [0.25, 0.3) is 0 Å². The largest absolute Gasteiger partial charge is 0.497 e. The van der Waals surface area contributed by atoms with E-state index in [4.69, 9.17) is 23.4 Å². The van der Waals surface area contributed by atoms with Gasteiger partial charge in [0.2, 0.25) is 0 Å². The van der Waals surface area contributed by atoms with Gasteiger partial charge in [0.05, 0.1) is 19.8 Å². The van der Waals surface area contributed by atoms with Crippen LogP contribution in [-0.4, -0.2) is 45.6 Å². The number of fused-ring (bicyclic) bond motifs is 1. The summed E-state index contributed by atoms with van der Waals surface area (Å²) in [5.74, 6) is 0.159. The molecule has 1 aliphatic carbocycles. The van der Waals surface area contributed by atoms with Gasteiger partial charge in [-0.05, 0) is 55.8 Å². The Labute approximate surface area is 190 Å². The molecule has 1 saturated heterocycles. The van der Waals surface area contributed by atoms with Crippen molar-refractivity contribution in [2.24, 2.45) is 0 Å². The van der Waals surface area contributed by atoms with Crippen molar-refractivity contribution in [3.63, 3.8) is 0 Å². The Kier molecular flexibility index (Phi) is 6.93. The first-order valence-corrected chi connectivity index (χ1v) is 14.2. The van der Waals surface area contributed by atoms with Gasteiger partial charge >= 0.3 is 0 Å². The molecule has 4 atom stereocenters. The van der Waals surface area contributed by atoms with Crippen molar-refractivity contribution < 1.29 is 23.4 Å². The minimum atomic E-state index is -2.02. The van der Waals surface area contributed by atoms with E-state index >= 15 is 0 Å². The van der Waals surface area contributed by atoms with Crippen molar-refractivity contribution >= 4 is 24.2 Å². The summed E-state index contributed by atoms with van der Waals surface area (Å²) < 4.78 is 31.9. The molecular weight excluding hydrogens is 464 g/mol. The lowest BCUT2D eigenvalue weighted by Crippen LogP contribution is -2.54. The smallest absolute Gasteiger partial charge is 0.193 e. The van der Waals surface area contributed by atoms with Gasteiger partial charge in [-0.3, -0.25) is 0 Å². The van der Waals surface area contributed by atoms with Crippen LogP contribution in [0.5, 0.6) is 5.75 Å². The minimum Gasteiger partial charge on any atom is -0.497 e. The SMILES string of the molecule is COc1ccc(CO[C@H]2[C@@H]3OC(C)(C)O[C@@H]3C(Br)=C[C@H]2O[Si](C)(C)C(C)(C)C)cc1. The Hall–Kier alpha value is -0.703. The Bertz CT molecular complexity index is 769. The predicted molar refractivity (Wildman–Crippen MR) is 124 cm³/mol. The van der Waals surface area contributed by atoms with Crippen LogP contribution in [0, 0.1) is 0 Å². The summed E-state index contributed by atoms with van der Waals surface area (Å²) in [7, 11) is -0.356. The molecule has 5 nitrogen and oxygen atoms in total. The number of hydrogen-bond donors (Lipinski definition) is 0. The molecule has 0 radical (unpaired) electrons. The van der Waals surface area contributed by atoms with E-state index in [9.17, 15) is 0 Å². The molecule has 0 saturated carbocycles. The summed E-state index contributed by atoms with van der Waals surface area (Å²) in [6, 6.07) is 7.93. The van der Waals surface area contributed by atoms with E-state index in [1.165, 1.54) is 0 Å². The number of ether oxygens (including phenoxy) is 4. The van der Waals surface area contributed by atoms with Gasteiger partial charge in [0, 0.05) is 4.48 Å². The maximum absolute atomic E-state index is 6.78. The van der Waals surface area contributed by atoms with Crippen LogP contribution < -0.4 is 4.74 Å². The summed E-state index contributed by atoms with van der Waals surface area (Å²) in [5, 5.41) is 0.0942. The van der Waals surface area contributed by atoms with E-state index in [1.807, 2.05) is 38.1 Å². The van der Waals surface area contributed by atoms with Gasteiger partial charge in [0.1, 0.15) is 24.1 Å². The first-order chi connectivity index (χ1) is 13.8. The molecule has 0 unspecified atom stereocenters. The zero-order chi connectivity index (χ0) is 22.3. The fraction of sp³-hybridized carbons (Fsp3) is 0.652. The molecule has 1 heterocycles. The van der Waals surface area contributed by atoms with Crippen molar-refractivity contribution in [2.75, 3.05) is 7.11 Å². The highest BCUT2D eigenvalue weighted by molar-refractivity contribution is 9.11. The monoisotopic (exact) mass is 498 g/mol. The number of rotatable bonds is 6. The van der Waals surface area contributed by atoms with Crippen LogP contribution in [0.1, 0.15) is 40.2 Å². The van der Waals surface area contributed by atoms with Gasteiger partial charge in [-0.15, -0.1) is 0 Å². The van der Waals surface area contributed by atoms with E-state index < -0.39 is 14.1 Å². The fourth-order valence-corrected chi connectivity index (χ4v) is 5.35. The highest BCUT2D eigenvalue weighted by Gasteiger charge is 2.53. The predicted octanol–water partition coefficient (Wildman–Crippen LogP) is 5.78. The lowest BCUT2D eigenvalue weighted by molar-refractivity contribution is -0.166. The summed E-state index contributed by atoms with van der Waals surface area (Å²) in [4.78, 5) is 0. The van der Waals surface area contributed by atoms with Crippen LogP contribution in [0.3, 0.4) is 0 Å². The quantitative estimate of drug-likeness (QED) is 0.464. The number of benzene rings is 1. The number of hydrogen-bond acceptors (Lipinski definition) is 5. The molecule has 0 N–H and O–H groups in total. The molecule has 1 aromatic rings. The second-order valence-electron chi connectivity index (χ2n) is 10.0. The second kappa shape index (κ2) is 8.68. The van der Waals surface area contributed by atoms with Crippen molar-refractivity contribution in [1.82, 2.24) is 0 Å². The molecule has 30 heavy (non-hydrogen) atoms. The summed E-state index contributed by atoms with van der Waals surface area (Å²) >= 11 is 3.71. The normalized spacial score (nSPS) is 28.8. The van der Waals surface area contributed by atoms with Crippen molar-refractivity contribution in [2.45, 2.75) is 89.6 Å². The van der Waals surface area contributed by atoms with Gasteiger partial charge in [-0.2, -0.15) is 0 Å². The Balaban J connectivity index is 1.85. The topological polar surface area (TPSA) is 46.2 Å². The molecule has 1 aromatic carbocycles. The molecule has 1 aliphatic heterocycles. The molecule has 1 fully saturated rings. The molecule has 168 valence electrons. The van der Waals surface area contributed by atoms with Gasteiger partial charge < -0.3 is 23.4 Å². The maximum atomic E-state index is 6.78.